The summed E-state index contributed by atoms with van der Waals surface area (Å²) in [4.78, 5) is 17.9. The van der Waals surface area contributed by atoms with Crippen LogP contribution >= 0.6 is 11.9 Å². The number of aryl methyl sites for hydroxylation is 2. The number of carbonyl (C=O) groups excluding carboxylic acids is 1. The number of hydrogen-bond acceptors (Lipinski definition) is 6. The molecule has 0 radical (unpaired) electrons. The molecule has 8 nitrogen and oxygen atoms in total. The second-order valence-corrected chi connectivity index (χ2v) is 11.2. The number of nitrogens with zero attached hydrogens (tertiary/aromatic N) is 4. The molecule has 0 fully saturated rings. The van der Waals surface area contributed by atoms with Gasteiger partial charge in [-0.2, -0.15) is 9.39 Å². The fourth-order valence-electron chi connectivity index (χ4n) is 3.97. The van der Waals surface area contributed by atoms with E-state index in [1.165, 1.54) is 0 Å². The zero-order chi connectivity index (χ0) is 24.1. The lowest BCUT2D eigenvalue weighted by molar-refractivity contribution is -0.114. The van der Waals surface area contributed by atoms with Crippen LogP contribution < -0.4 is 0 Å². The van der Waals surface area contributed by atoms with Gasteiger partial charge in [-0.25, -0.2) is 13.3 Å². The predicted molar refractivity (Wildman–Crippen MR) is 134 cm³/mol. The van der Waals surface area contributed by atoms with Gasteiger partial charge in [0.15, 0.2) is 0 Å². The lowest BCUT2D eigenvalue weighted by Gasteiger charge is -2.24. The minimum atomic E-state index is -3.74. The van der Waals surface area contributed by atoms with Crippen LogP contribution in [0.5, 0.6) is 0 Å². The van der Waals surface area contributed by atoms with E-state index >= 15 is 0 Å². The van der Waals surface area contributed by atoms with Crippen LogP contribution in [0.4, 0.5) is 0 Å². The van der Waals surface area contributed by atoms with Crippen molar-refractivity contribution < 1.29 is 13.2 Å². The Kier molecular flexibility index (Phi) is 5.92. The topological polar surface area (TPSA) is 108 Å². The Balaban J connectivity index is 1.75. The van der Waals surface area contributed by atoms with Crippen LogP contribution in [0.3, 0.4) is 0 Å². The first-order valence-electron chi connectivity index (χ1n) is 10.5. The molecule has 1 N–H and O–H groups in total. The first-order valence-corrected chi connectivity index (χ1v) is 12.9. The molecule has 0 saturated carbocycles. The number of hydrogen-bond donors (Lipinski definition) is 1. The number of fused-ring (bicyclic) bond motifs is 1. The van der Waals surface area contributed by atoms with Crippen molar-refractivity contribution in [3.05, 3.63) is 58.4 Å². The minimum Gasteiger partial charge on any atom is -0.318 e. The summed E-state index contributed by atoms with van der Waals surface area (Å²) in [7, 11) is -3.74. The van der Waals surface area contributed by atoms with Crippen molar-refractivity contribution >= 4 is 49.9 Å². The summed E-state index contributed by atoms with van der Waals surface area (Å²) in [5, 5.41) is 8.51. The summed E-state index contributed by atoms with van der Waals surface area (Å²) >= 11 is 0.804. The second kappa shape index (κ2) is 8.42. The molecule has 2 aliphatic heterocycles. The molecule has 0 bridgehead atoms. The first-order chi connectivity index (χ1) is 15.5. The van der Waals surface area contributed by atoms with Crippen LogP contribution in [0.1, 0.15) is 36.4 Å². The van der Waals surface area contributed by atoms with Gasteiger partial charge in [0, 0.05) is 17.1 Å². The molecule has 4 rings (SSSR count). The maximum absolute atomic E-state index is 12.8. The fraction of sp³-hybridized carbons (Fsp3) is 0.304. The highest BCUT2D eigenvalue weighted by Gasteiger charge is 2.42. The molecule has 0 unspecified atom stereocenters. The van der Waals surface area contributed by atoms with Crippen molar-refractivity contribution in [2.45, 2.75) is 34.6 Å². The number of amides is 1. The lowest BCUT2D eigenvalue weighted by atomic mass is 10.1. The minimum absolute atomic E-state index is 0.0261. The summed E-state index contributed by atoms with van der Waals surface area (Å²) < 4.78 is 31.8. The number of carbonyl (C=O) groups is 1. The Morgan fingerprint density at radius 2 is 1.91 bits per heavy atom. The summed E-state index contributed by atoms with van der Waals surface area (Å²) in [5.41, 5.74) is 4.80. The Bertz CT molecular complexity index is 1380. The smallest absolute Gasteiger partial charge is 0.283 e. The van der Waals surface area contributed by atoms with Gasteiger partial charge in [-0.3, -0.25) is 10.2 Å². The van der Waals surface area contributed by atoms with Crippen molar-refractivity contribution in [2.75, 3.05) is 5.75 Å². The Hall–Kier alpha value is -2.98. The number of rotatable bonds is 4. The first kappa shape index (κ1) is 23.2. The van der Waals surface area contributed by atoms with Gasteiger partial charge in [0.05, 0.1) is 23.3 Å². The van der Waals surface area contributed by atoms with Crippen LogP contribution in [0.2, 0.25) is 0 Å². The van der Waals surface area contributed by atoms with Crippen molar-refractivity contribution in [3.8, 4) is 5.69 Å². The van der Waals surface area contributed by atoms with E-state index in [1.807, 2.05) is 45.0 Å². The van der Waals surface area contributed by atoms with E-state index in [1.54, 1.807) is 19.9 Å². The number of benzene rings is 1. The molecule has 0 saturated heterocycles. The molecule has 33 heavy (non-hydrogen) atoms. The van der Waals surface area contributed by atoms with Crippen LogP contribution in [0.25, 0.3) is 11.8 Å². The van der Waals surface area contributed by atoms with Gasteiger partial charge in [-0.1, -0.05) is 26.0 Å². The zero-order valence-electron chi connectivity index (χ0n) is 19.1. The predicted octanol–water partition coefficient (Wildman–Crippen LogP) is 4.05. The highest BCUT2D eigenvalue weighted by atomic mass is 32.2. The highest BCUT2D eigenvalue weighted by molar-refractivity contribution is 8.16. The van der Waals surface area contributed by atoms with Gasteiger partial charge in [0.25, 0.3) is 5.91 Å². The maximum Gasteiger partial charge on any atom is 0.283 e. The monoisotopic (exact) mass is 483 g/mol. The average molecular weight is 484 g/mol. The number of aromatic nitrogens is 1. The second-order valence-electron chi connectivity index (χ2n) is 8.58. The molecule has 172 valence electrons. The van der Waals surface area contributed by atoms with E-state index in [0.717, 1.165) is 45.0 Å². The van der Waals surface area contributed by atoms with Crippen LogP contribution in [-0.2, 0) is 14.6 Å². The van der Waals surface area contributed by atoms with Gasteiger partial charge < -0.3 is 4.57 Å². The van der Waals surface area contributed by atoms with E-state index in [2.05, 4.69) is 20.0 Å². The largest absolute Gasteiger partial charge is 0.318 e. The van der Waals surface area contributed by atoms with E-state index in [-0.39, 0.29) is 33.4 Å². The standard InChI is InChI=1S/C23H25N5O3S2/c1-13(2)12-33(30,31)23-26-32-22-25-21(29)19(20(24)28(22)23)11-17-10-15(4)27(16(17)5)18-8-6-7-14(3)9-18/h6-11,13,24H,12H2,1-5H3/b19-11-,24-20?. The van der Waals surface area contributed by atoms with Crippen molar-refractivity contribution in [1.82, 2.24) is 9.47 Å². The van der Waals surface area contributed by atoms with Crippen molar-refractivity contribution in [1.29, 1.82) is 5.41 Å². The van der Waals surface area contributed by atoms with E-state index < -0.39 is 15.7 Å². The molecule has 0 atom stereocenters. The SMILES string of the molecule is Cc1cccc(-n2c(C)cc(/C=C3/C(=N)N4C(=NC3=O)SN=C4S(=O)(=O)CC(C)C)c2C)c1. The molecule has 1 aromatic heterocycles. The lowest BCUT2D eigenvalue weighted by Crippen LogP contribution is -2.46. The Morgan fingerprint density at radius 3 is 2.58 bits per heavy atom. The zero-order valence-corrected chi connectivity index (χ0v) is 20.7. The van der Waals surface area contributed by atoms with E-state index in [0.29, 0.717) is 0 Å². The third kappa shape index (κ3) is 4.20. The third-order valence-corrected chi connectivity index (χ3v) is 8.11. The molecule has 2 aliphatic rings. The van der Waals surface area contributed by atoms with Crippen molar-refractivity contribution in [3.63, 3.8) is 0 Å². The Morgan fingerprint density at radius 1 is 1.18 bits per heavy atom. The highest BCUT2D eigenvalue weighted by Crippen LogP contribution is 2.31. The molecule has 1 amide bonds. The number of amidine groups is 3. The number of sulfone groups is 1. The molecule has 10 heteroatoms. The van der Waals surface area contributed by atoms with Crippen molar-refractivity contribution in [2.24, 2.45) is 15.3 Å². The molecular formula is C23H25N5O3S2. The normalized spacial score (nSPS) is 17.6. The molecule has 3 heterocycles. The van der Waals surface area contributed by atoms with Gasteiger partial charge in [-0.15, -0.1) is 0 Å². The fourth-order valence-corrected chi connectivity index (χ4v) is 6.70. The van der Waals surface area contributed by atoms with Gasteiger partial charge in [0.1, 0.15) is 5.84 Å². The summed E-state index contributed by atoms with van der Waals surface area (Å²) in [6.07, 6.45) is 1.61. The molecule has 0 aliphatic carbocycles. The number of nitrogens with one attached hydrogen (secondary N) is 1. The summed E-state index contributed by atoms with van der Waals surface area (Å²) in [6.45, 7) is 9.55. The van der Waals surface area contributed by atoms with Gasteiger partial charge >= 0.3 is 0 Å². The summed E-state index contributed by atoms with van der Waals surface area (Å²) in [6, 6.07) is 10.0. The molecule has 0 spiro atoms. The van der Waals surface area contributed by atoms with Gasteiger partial charge in [-0.05, 0) is 62.1 Å². The van der Waals surface area contributed by atoms with Crippen LogP contribution in [-0.4, -0.2) is 45.7 Å². The van der Waals surface area contributed by atoms with Crippen LogP contribution in [0, 0.1) is 32.1 Å². The molecule has 2 aromatic rings. The third-order valence-electron chi connectivity index (χ3n) is 5.36. The summed E-state index contributed by atoms with van der Waals surface area (Å²) in [5.74, 6) is -1.03. The average Bonchev–Trinajstić information content (AvgIpc) is 3.25. The van der Waals surface area contributed by atoms with E-state index in [4.69, 9.17) is 5.41 Å². The van der Waals surface area contributed by atoms with Gasteiger partial charge in [0.2, 0.25) is 20.2 Å². The quantitative estimate of drug-likeness (QED) is 0.521. The van der Waals surface area contributed by atoms with Crippen LogP contribution in [0.15, 0.2) is 45.3 Å². The number of aliphatic imine (C=N–C) groups is 1. The Labute approximate surface area is 197 Å². The van der Waals surface area contributed by atoms with E-state index in [9.17, 15) is 13.2 Å². The maximum atomic E-state index is 12.8. The molecule has 1 aromatic carbocycles. The molecular weight excluding hydrogens is 458 g/mol.